The molecule has 2 aromatic carbocycles. The minimum atomic E-state index is -0.472. The monoisotopic (exact) mass is 486 g/mol. The van der Waals surface area contributed by atoms with Crippen LogP contribution in [0.1, 0.15) is 60.0 Å². The third kappa shape index (κ3) is 4.34. The van der Waals surface area contributed by atoms with E-state index in [1.54, 1.807) is 18.2 Å². The summed E-state index contributed by atoms with van der Waals surface area (Å²) >= 11 is 0. The smallest absolute Gasteiger partial charge is 0.338 e. The summed E-state index contributed by atoms with van der Waals surface area (Å²) in [5, 5.41) is 0.867. The van der Waals surface area contributed by atoms with Gasteiger partial charge in [-0.3, -0.25) is 4.79 Å². The summed E-state index contributed by atoms with van der Waals surface area (Å²) in [5.41, 5.74) is 2.00. The Balaban J connectivity index is 1.04. The van der Waals surface area contributed by atoms with E-state index < -0.39 is 5.97 Å². The van der Waals surface area contributed by atoms with Crippen LogP contribution in [0.4, 0.5) is 0 Å². The molecule has 4 saturated carbocycles. The maximum absolute atomic E-state index is 13.1. The molecule has 0 N–H and O–H groups in total. The molecule has 0 unspecified atom stereocenters. The van der Waals surface area contributed by atoms with Crippen molar-refractivity contribution in [2.24, 2.45) is 23.2 Å². The van der Waals surface area contributed by atoms with Crippen LogP contribution >= 0.6 is 0 Å². The van der Waals surface area contributed by atoms with Crippen LogP contribution < -0.4 is 10.4 Å². The molecule has 4 bridgehead atoms. The Morgan fingerprint density at radius 2 is 1.61 bits per heavy atom. The van der Waals surface area contributed by atoms with Gasteiger partial charge in [0.1, 0.15) is 17.9 Å². The topological polar surface area (TPSA) is 82.8 Å². The molecule has 4 aliphatic carbocycles. The van der Waals surface area contributed by atoms with Gasteiger partial charge in [-0.1, -0.05) is 12.1 Å². The lowest BCUT2D eigenvalue weighted by atomic mass is 9.48. The number of esters is 1. The van der Waals surface area contributed by atoms with Crippen molar-refractivity contribution in [1.82, 2.24) is 0 Å². The van der Waals surface area contributed by atoms with Gasteiger partial charge in [0.15, 0.2) is 12.4 Å². The summed E-state index contributed by atoms with van der Waals surface area (Å²) < 4.78 is 16.6. The number of ketones is 1. The molecule has 7 rings (SSSR count). The van der Waals surface area contributed by atoms with Gasteiger partial charge in [0.05, 0.1) is 5.56 Å². The first kappa shape index (κ1) is 23.0. The Labute approximate surface area is 209 Å². The minimum Gasteiger partial charge on any atom is -0.489 e. The average molecular weight is 487 g/mol. The van der Waals surface area contributed by atoms with Crippen molar-refractivity contribution in [3.8, 4) is 5.75 Å². The van der Waals surface area contributed by atoms with Crippen molar-refractivity contribution in [3.05, 3.63) is 75.6 Å². The van der Waals surface area contributed by atoms with E-state index in [2.05, 4.69) is 0 Å². The number of carbonyl (C=O) groups excluding carboxylic acids is 2. The van der Waals surface area contributed by atoms with Gasteiger partial charge in [0, 0.05) is 22.9 Å². The van der Waals surface area contributed by atoms with Crippen molar-refractivity contribution in [2.75, 3.05) is 6.61 Å². The van der Waals surface area contributed by atoms with Crippen LogP contribution in [0.25, 0.3) is 11.0 Å². The summed E-state index contributed by atoms with van der Waals surface area (Å²) in [5.74, 6) is 2.28. The number of fused-ring (bicyclic) bond motifs is 1. The zero-order valence-corrected chi connectivity index (χ0v) is 20.5. The molecule has 4 fully saturated rings. The second-order valence-corrected chi connectivity index (χ2v) is 11.1. The molecule has 6 heteroatoms. The highest BCUT2D eigenvalue weighted by Gasteiger charge is 2.54. The first-order valence-electron chi connectivity index (χ1n) is 12.8. The molecule has 0 amide bonds. The predicted molar refractivity (Wildman–Crippen MR) is 134 cm³/mol. The van der Waals surface area contributed by atoms with Crippen molar-refractivity contribution >= 4 is 22.7 Å². The van der Waals surface area contributed by atoms with Crippen molar-refractivity contribution in [1.29, 1.82) is 0 Å². The number of rotatable bonds is 7. The maximum atomic E-state index is 13.1. The Hall–Kier alpha value is -3.41. The van der Waals surface area contributed by atoms with E-state index in [1.807, 2.05) is 31.2 Å². The third-order valence-electron chi connectivity index (χ3n) is 8.48. The molecule has 0 radical (unpaired) electrons. The molecule has 36 heavy (non-hydrogen) atoms. The fourth-order valence-electron chi connectivity index (χ4n) is 7.12. The number of hydrogen-bond donors (Lipinski definition) is 0. The Kier molecular flexibility index (Phi) is 5.70. The molecule has 3 aromatic rings. The summed E-state index contributed by atoms with van der Waals surface area (Å²) in [7, 11) is 0. The van der Waals surface area contributed by atoms with Gasteiger partial charge in [0.2, 0.25) is 0 Å². The van der Waals surface area contributed by atoms with Crippen LogP contribution in [0.3, 0.4) is 0 Å². The molecular formula is C30H30O6. The summed E-state index contributed by atoms with van der Waals surface area (Å²) in [4.78, 5) is 37.4. The van der Waals surface area contributed by atoms with Crippen LogP contribution in [0.2, 0.25) is 0 Å². The van der Waals surface area contributed by atoms with E-state index in [-0.39, 0.29) is 23.4 Å². The van der Waals surface area contributed by atoms with Crippen LogP contribution in [-0.2, 0) is 16.1 Å². The minimum absolute atomic E-state index is 0.112. The van der Waals surface area contributed by atoms with Gasteiger partial charge in [-0.2, -0.15) is 0 Å². The molecule has 4 aliphatic rings. The number of benzene rings is 2. The highest BCUT2D eigenvalue weighted by Crippen LogP contribution is 2.60. The molecule has 1 aromatic heterocycles. The zero-order chi connectivity index (χ0) is 24.9. The maximum Gasteiger partial charge on any atom is 0.338 e. The van der Waals surface area contributed by atoms with E-state index in [0.717, 1.165) is 35.8 Å². The standard InChI is InChI=1S/C30H30O6/c1-18-8-28(32)36-26-12-24(6-7-25(18)26)34-16-19-2-4-23(5-3-19)29(33)35-17-27(31)30-13-20-9-21(14-30)11-22(10-20)15-30/h2-8,12,20-22H,9-11,13-17H2,1H3. The molecule has 0 saturated heterocycles. The van der Waals surface area contributed by atoms with Gasteiger partial charge in [0.25, 0.3) is 0 Å². The number of hydrogen-bond acceptors (Lipinski definition) is 6. The SMILES string of the molecule is Cc1cc(=O)oc2cc(OCc3ccc(C(=O)OCC(=O)C45CC6CC(CC(C6)C4)C5)cc3)ccc12. The molecular weight excluding hydrogens is 456 g/mol. The Morgan fingerprint density at radius 3 is 2.28 bits per heavy atom. The molecule has 6 nitrogen and oxygen atoms in total. The number of carbonyl (C=O) groups is 2. The zero-order valence-electron chi connectivity index (χ0n) is 20.5. The lowest BCUT2D eigenvalue weighted by Gasteiger charge is -2.55. The molecule has 186 valence electrons. The highest BCUT2D eigenvalue weighted by atomic mass is 16.5. The summed E-state index contributed by atoms with van der Waals surface area (Å²) in [6.45, 7) is 2.03. The second-order valence-electron chi connectivity index (χ2n) is 11.1. The van der Waals surface area contributed by atoms with E-state index in [0.29, 0.717) is 41.3 Å². The van der Waals surface area contributed by atoms with Crippen molar-refractivity contribution in [3.63, 3.8) is 0 Å². The van der Waals surface area contributed by atoms with Crippen molar-refractivity contribution < 1.29 is 23.5 Å². The van der Waals surface area contributed by atoms with Crippen LogP contribution in [0.5, 0.6) is 5.75 Å². The average Bonchev–Trinajstić information content (AvgIpc) is 2.85. The van der Waals surface area contributed by atoms with E-state index in [9.17, 15) is 14.4 Å². The Morgan fingerprint density at radius 1 is 0.944 bits per heavy atom. The van der Waals surface area contributed by atoms with Crippen LogP contribution in [0, 0.1) is 30.1 Å². The van der Waals surface area contributed by atoms with Gasteiger partial charge < -0.3 is 13.9 Å². The van der Waals surface area contributed by atoms with Gasteiger partial charge in [-0.25, -0.2) is 9.59 Å². The normalized spacial score (nSPS) is 26.2. The van der Waals surface area contributed by atoms with Gasteiger partial charge >= 0.3 is 11.6 Å². The first-order chi connectivity index (χ1) is 17.4. The van der Waals surface area contributed by atoms with Gasteiger partial charge in [-0.05, 0) is 98.6 Å². The van der Waals surface area contributed by atoms with Crippen molar-refractivity contribution in [2.45, 2.75) is 52.1 Å². The van der Waals surface area contributed by atoms with E-state index in [1.165, 1.54) is 25.3 Å². The quantitative estimate of drug-likeness (QED) is 0.318. The molecule has 1 heterocycles. The summed E-state index contributed by atoms with van der Waals surface area (Å²) in [6.07, 6.45) is 6.77. The number of aryl methyl sites for hydroxylation is 1. The largest absolute Gasteiger partial charge is 0.489 e. The number of Topliss-reactive ketones (excluding diaryl/α,β-unsaturated/α-hetero) is 1. The van der Waals surface area contributed by atoms with E-state index in [4.69, 9.17) is 13.9 Å². The molecule has 0 atom stereocenters. The first-order valence-corrected chi connectivity index (χ1v) is 12.8. The van der Waals surface area contributed by atoms with Gasteiger partial charge in [-0.15, -0.1) is 0 Å². The number of ether oxygens (including phenoxy) is 2. The lowest BCUT2D eigenvalue weighted by Crippen LogP contribution is -2.51. The highest BCUT2D eigenvalue weighted by molar-refractivity contribution is 5.93. The summed E-state index contributed by atoms with van der Waals surface area (Å²) in [6, 6.07) is 13.9. The predicted octanol–water partition coefficient (Wildman–Crippen LogP) is 5.62. The molecule has 0 aliphatic heterocycles. The van der Waals surface area contributed by atoms with Crippen LogP contribution in [-0.4, -0.2) is 18.4 Å². The third-order valence-corrected chi connectivity index (χ3v) is 8.48. The fraction of sp³-hybridized carbons (Fsp3) is 0.433. The van der Waals surface area contributed by atoms with Crippen LogP contribution in [0.15, 0.2) is 57.7 Å². The Bertz CT molecular complexity index is 1350. The lowest BCUT2D eigenvalue weighted by molar-refractivity contribution is -0.147. The second kappa shape index (κ2) is 8.91. The molecule has 0 spiro atoms. The van der Waals surface area contributed by atoms with E-state index >= 15 is 0 Å². The fourth-order valence-corrected chi connectivity index (χ4v) is 7.12.